The summed E-state index contributed by atoms with van der Waals surface area (Å²) in [6.07, 6.45) is 1.45. The van der Waals surface area contributed by atoms with E-state index in [1.165, 1.54) is 50.6 Å². The van der Waals surface area contributed by atoms with E-state index in [9.17, 15) is 18.8 Å². The van der Waals surface area contributed by atoms with Gasteiger partial charge in [0, 0.05) is 12.7 Å². The monoisotopic (exact) mass is 433 g/mol. The molecular weight excluding hydrogens is 417 g/mol. The summed E-state index contributed by atoms with van der Waals surface area (Å²) in [6.45, 7) is -0.368. The maximum atomic E-state index is 12.9. The van der Waals surface area contributed by atoms with Crippen molar-refractivity contribution in [2.45, 2.75) is 0 Å². The van der Waals surface area contributed by atoms with E-state index in [0.29, 0.717) is 11.3 Å². The Morgan fingerprint density at radius 2 is 1.97 bits per heavy atom. The van der Waals surface area contributed by atoms with Crippen molar-refractivity contribution >= 4 is 41.2 Å². The first-order valence-electron chi connectivity index (χ1n) is 8.65. The number of hydrogen-bond donors (Lipinski definition) is 2. The molecule has 0 aromatic heterocycles. The molecule has 10 heteroatoms. The Kier molecular flexibility index (Phi) is 6.22. The topological polar surface area (TPSA) is 97.0 Å². The third-order valence-corrected chi connectivity index (χ3v) is 4.40. The second-order valence-corrected chi connectivity index (χ2v) is 6.64. The lowest BCUT2D eigenvalue weighted by Crippen LogP contribution is -2.25. The number of nitrogens with one attached hydrogen (secondary N) is 2. The van der Waals surface area contributed by atoms with E-state index >= 15 is 0 Å². The predicted molar refractivity (Wildman–Crippen MR) is 108 cm³/mol. The summed E-state index contributed by atoms with van der Waals surface area (Å²) in [5.41, 5.74) is 0.991. The highest BCUT2D eigenvalue weighted by Gasteiger charge is 2.30. The van der Waals surface area contributed by atoms with Crippen molar-refractivity contribution in [1.82, 2.24) is 10.2 Å². The van der Waals surface area contributed by atoms with Gasteiger partial charge in [-0.3, -0.25) is 14.5 Å². The first-order chi connectivity index (χ1) is 14.3. The molecule has 156 valence electrons. The van der Waals surface area contributed by atoms with E-state index in [1.807, 2.05) is 0 Å². The normalized spacial score (nSPS) is 14.7. The van der Waals surface area contributed by atoms with Crippen LogP contribution in [0.5, 0.6) is 11.5 Å². The minimum atomic E-state index is -0.531. The van der Waals surface area contributed by atoms with Gasteiger partial charge in [-0.1, -0.05) is 11.6 Å². The Labute approximate surface area is 176 Å². The first kappa shape index (κ1) is 21.1. The summed E-state index contributed by atoms with van der Waals surface area (Å²) in [4.78, 5) is 36.6. The molecule has 2 aromatic carbocycles. The van der Waals surface area contributed by atoms with E-state index in [1.54, 1.807) is 6.07 Å². The highest BCUT2D eigenvalue weighted by molar-refractivity contribution is 6.32. The molecule has 1 heterocycles. The van der Waals surface area contributed by atoms with Crippen molar-refractivity contribution in [2.24, 2.45) is 0 Å². The maximum Gasteiger partial charge on any atom is 0.328 e. The number of urea groups is 1. The van der Waals surface area contributed by atoms with Gasteiger partial charge in [0.25, 0.3) is 11.8 Å². The SMILES string of the molecule is COc1cc(/C=C2/NC(=O)N(C)C2=O)cc(Cl)c1OCC(=O)Nc1ccc(F)cc1. The van der Waals surface area contributed by atoms with Gasteiger partial charge in [0.2, 0.25) is 0 Å². The average molecular weight is 434 g/mol. The van der Waals surface area contributed by atoms with Crippen molar-refractivity contribution in [3.05, 3.63) is 58.5 Å². The summed E-state index contributed by atoms with van der Waals surface area (Å²) < 4.78 is 23.7. The predicted octanol–water partition coefficient (Wildman–Crippen LogP) is 3.03. The second-order valence-electron chi connectivity index (χ2n) is 6.23. The van der Waals surface area contributed by atoms with Gasteiger partial charge in [-0.05, 0) is 48.0 Å². The minimum absolute atomic E-state index is 0.0907. The van der Waals surface area contributed by atoms with Crippen LogP contribution in [0.25, 0.3) is 6.08 Å². The molecule has 0 unspecified atom stereocenters. The summed E-state index contributed by atoms with van der Waals surface area (Å²) >= 11 is 6.26. The fourth-order valence-corrected chi connectivity index (χ4v) is 2.89. The number of benzene rings is 2. The molecule has 0 radical (unpaired) electrons. The number of rotatable bonds is 6. The molecular formula is C20H17ClFN3O5. The van der Waals surface area contributed by atoms with Gasteiger partial charge in [-0.15, -0.1) is 0 Å². The Morgan fingerprint density at radius 3 is 2.57 bits per heavy atom. The zero-order chi connectivity index (χ0) is 21.8. The third-order valence-electron chi connectivity index (χ3n) is 4.12. The van der Waals surface area contributed by atoms with Gasteiger partial charge in [-0.2, -0.15) is 0 Å². The lowest BCUT2D eigenvalue weighted by molar-refractivity contribution is -0.122. The van der Waals surface area contributed by atoms with Gasteiger partial charge in [-0.25, -0.2) is 9.18 Å². The fourth-order valence-electron chi connectivity index (χ4n) is 2.62. The lowest BCUT2D eigenvalue weighted by atomic mass is 10.1. The molecule has 0 bridgehead atoms. The molecule has 0 aliphatic carbocycles. The van der Waals surface area contributed by atoms with Gasteiger partial charge in [0.1, 0.15) is 11.5 Å². The molecule has 1 saturated heterocycles. The quantitative estimate of drug-likeness (QED) is 0.539. The van der Waals surface area contributed by atoms with Gasteiger partial charge in [0.05, 0.1) is 12.1 Å². The van der Waals surface area contributed by atoms with Gasteiger partial charge < -0.3 is 20.1 Å². The molecule has 4 amide bonds. The largest absolute Gasteiger partial charge is 0.493 e. The van der Waals surface area contributed by atoms with Crippen LogP contribution in [0, 0.1) is 5.82 Å². The van der Waals surface area contributed by atoms with Crippen LogP contribution in [0.3, 0.4) is 0 Å². The molecule has 1 aliphatic rings. The van der Waals surface area contributed by atoms with Gasteiger partial charge >= 0.3 is 6.03 Å². The summed E-state index contributed by atoms with van der Waals surface area (Å²) in [5.74, 6) is -1.01. The van der Waals surface area contributed by atoms with Crippen LogP contribution in [0.15, 0.2) is 42.1 Å². The highest BCUT2D eigenvalue weighted by atomic mass is 35.5. The van der Waals surface area contributed by atoms with Crippen LogP contribution in [0.2, 0.25) is 5.02 Å². The Bertz CT molecular complexity index is 1040. The Morgan fingerprint density at radius 1 is 1.27 bits per heavy atom. The van der Waals surface area contributed by atoms with Crippen molar-refractivity contribution < 1.29 is 28.2 Å². The second kappa shape index (κ2) is 8.83. The number of ether oxygens (including phenoxy) is 2. The molecule has 0 saturated carbocycles. The van der Waals surface area contributed by atoms with Crippen LogP contribution in [-0.4, -0.2) is 43.5 Å². The zero-order valence-electron chi connectivity index (χ0n) is 16.0. The van der Waals surface area contributed by atoms with Crippen molar-refractivity contribution in [3.63, 3.8) is 0 Å². The number of imide groups is 1. The van der Waals surface area contributed by atoms with E-state index in [-0.39, 0.29) is 28.8 Å². The number of anilines is 1. The number of halogens is 2. The number of nitrogens with zero attached hydrogens (tertiary/aromatic N) is 1. The zero-order valence-corrected chi connectivity index (χ0v) is 16.7. The molecule has 1 fully saturated rings. The van der Waals surface area contributed by atoms with Crippen LogP contribution in [0.1, 0.15) is 5.56 Å². The number of amides is 4. The number of methoxy groups -OCH3 is 1. The van der Waals surface area contributed by atoms with Crippen LogP contribution in [0.4, 0.5) is 14.9 Å². The Balaban J connectivity index is 1.73. The smallest absolute Gasteiger partial charge is 0.328 e. The number of likely N-dealkylation sites (N-methyl/N-ethyl adjacent to an activating group) is 1. The Hall–Kier alpha value is -3.59. The average Bonchev–Trinajstić information content (AvgIpc) is 2.95. The number of carbonyl (C=O) groups excluding carboxylic acids is 3. The molecule has 0 atom stereocenters. The number of carbonyl (C=O) groups is 3. The van der Waals surface area contributed by atoms with E-state index in [0.717, 1.165) is 4.90 Å². The van der Waals surface area contributed by atoms with E-state index < -0.39 is 23.7 Å². The van der Waals surface area contributed by atoms with Crippen LogP contribution in [-0.2, 0) is 9.59 Å². The highest BCUT2D eigenvalue weighted by Crippen LogP contribution is 2.37. The molecule has 3 rings (SSSR count). The molecule has 0 spiro atoms. The van der Waals surface area contributed by atoms with Crippen molar-refractivity contribution in [1.29, 1.82) is 0 Å². The molecule has 30 heavy (non-hydrogen) atoms. The molecule has 2 aromatic rings. The van der Waals surface area contributed by atoms with E-state index in [2.05, 4.69) is 10.6 Å². The third kappa shape index (κ3) is 4.69. The summed E-state index contributed by atoms with van der Waals surface area (Å²) in [6, 6.07) is 7.80. The van der Waals surface area contributed by atoms with Crippen molar-refractivity contribution in [2.75, 3.05) is 26.1 Å². The van der Waals surface area contributed by atoms with Crippen molar-refractivity contribution in [3.8, 4) is 11.5 Å². The minimum Gasteiger partial charge on any atom is -0.493 e. The van der Waals surface area contributed by atoms with Gasteiger partial charge in [0.15, 0.2) is 18.1 Å². The maximum absolute atomic E-state index is 12.9. The van der Waals surface area contributed by atoms with E-state index in [4.69, 9.17) is 21.1 Å². The fraction of sp³-hybridized carbons (Fsp3) is 0.150. The summed E-state index contributed by atoms with van der Waals surface area (Å²) in [7, 11) is 2.75. The molecule has 1 aliphatic heterocycles. The molecule has 2 N–H and O–H groups in total. The number of hydrogen-bond acceptors (Lipinski definition) is 5. The van der Waals surface area contributed by atoms with Crippen LogP contribution < -0.4 is 20.1 Å². The summed E-state index contributed by atoms with van der Waals surface area (Å²) in [5, 5.41) is 5.15. The lowest BCUT2D eigenvalue weighted by Gasteiger charge is -2.13. The van der Waals surface area contributed by atoms with Crippen LogP contribution >= 0.6 is 11.6 Å². The standard InChI is InChI=1S/C20H17ClFN3O5/c1-25-19(27)15(24-20(25)28)8-11-7-14(21)18(16(9-11)29-2)30-10-17(26)23-13-5-3-12(22)4-6-13/h3-9H,10H2,1-2H3,(H,23,26)(H,24,28)/b15-8+. The first-order valence-corrected chi connectivity index (χ1v) is 9.02. The molecule has 8 nitrogen and oxygen atoms in total.